The van der Waals surface area contributed by atoms with Crippen molar-refractivity contribution in [2.75, 3.05) is 44.3 Å². The van der Waals surface area contributed by atoms with Gasteiger partial charge in [0.25, 0.3) is 11.6 Å². The highest BCUT2D eigenvalue weighted by Crippen LogP contribution is 2.27. The first-order valence-corrected chi connectivity index (χ1v) is 10.8. The maximum atomic E-state index is 13.0. The minimum absolute atomic E-state index is 0.114. The number of nitrogens with zero attached hydrogens (tertiary/aromatic N) is 5. The molecule has 2 aromatic heterocycles. The van der Waals surface area contributed by atoms with Gasteiger partial charge >= 0.3 is 0 Å². The Hall–Kier alpha value is -3.04. The smallest absolute Gasteiger partial charge is 0.274 e. The Morgan fingerprint density at radius 1 is 1.06 bits per heavy atom. The number of piperidine rings is 1. The van der Waals surface area contributed by atoms with Gasteiger partial charge in [0.15, 0.2) is 5.69 Å². The fraction of sp³-hybridized carbons (Fsp3) is 0.455. The van der Waals surface area contributed by atoms with Crippen LogP contribution in [0, 0.1) is 0 Å². The number of rotatable bonds is 5. The maximum absolute atomic E-state index is 13.0. The minimum Gasteiger partial charge on any atom is -0.378 e. The molecule has 2 aliphatic rings. The minimum atomic E-state index is -0.232. The van der Waals surface area contributed by atoms with Crippen LogP contribution in [0.2, 0.25) is 0 Å². The number of hydrogen-bond acceptors (Lipinski definition) is 8. The lowest BCUT2D eigenvalue weighted by Gasteiger charge is -2.32. The standard InChI is InChI=1S/C22H26N6O3/c29-21(25-17-6-8-27(9-7-17)14-16-4-2-1-3-5-16)19-18-20(28-10-12-30-13-11-28)23-15-24-22(18)31-26-19/h1-5,15,17H,6-14H2,(H,25,29). The van der Waals surface area contributed by atoms with E-state index in [4.69, 9.17) is 9.26 Å². The van der Waals surface area contributed by atoms with E-state index in [1.165, 1.54) is 11.9 Å². The third-order valence-electron chi connectivity index (χ3n) is 5.95. The zero-order valence-electron chi connectivity index (χ0n) is 17.4. The number of morpholine rings is 1. The molecule has 0 spiro atoms. The first-order chi connectivity index (χ1) is 15.3. The molecule has 162 valence electrons. The van der Waals surface area contributed by atoms with Crippen LogP contribution in [-0.2, 0) is 11.3 Å². The summed E-state index contributed by atoms with van der Waals surface area (Å²) in [5.74, 6) is 0.446. The van der Waals surface area contributed by atoms with Gasteiger partial charge in [-0.1, -0.05) is 35.5 Å². The Bertz CT molecular complexity index is 1030. The van der Waals surface area contributed by atoms with Crippen molar-refractivity contribution in [1.82, 2.24) is 25.3 Å². The van der Waals surface area contributed by atoms with Gasteiger partial charge in [0, 0.05) is 38.8 Å². The lowest BCUT2D eigenvalue weighted by atomic mass is 10.0. The van der Waals surface area contributed by atoms with E-state index < -0.39 is 0 Å². The molecule has 2 saturated heterocycles. The van der Waals surface area contributed by atoms with Crippen molar-refractivity contribution < 1.29 is 14.1 Å². The second kappa shape index (κ2) is 8.99. The predicted octanol–water partition coefficient (Wildman–Crippen LogP) is 1.85. The van der Waals surface area contributed by atoms with E-state index in [0.29, 0.717) is 43.2 Å². The average molecular weight is 422 g/mol. The van der Waals surface area contributed by atoms with Crippen LogP contribution < -0.4 is 10.2 Å². The summed E-state index contributed by atoms with van der Waals surface area (Å²) in [6.07, 6.45) is 3.25. The van der Waals surface area contributed by atoms with E-state index in [1.807, 2.05) is 6.07 Å². The molecule has 0 saturated carbocycles. The van der Waals surface area contributed by atoms with Gasteiger partial charge in [0.1, 0.15) is 17.5 Å². The Morgan fingerprint density at radius 2 is 1.84 bits per heavy atom. The van der Waals surface area contributed by atoms with Gasteiger partial charge in [0.05, 0.1) is 13.2 Å². The first-order valence-electron chi connectivity index (χ1n) is 10.8. The third kappa shape index (κ3) is 4.38. The summed E-state index contributed by atoms with van der Waals surface area (Å²) < 4.78 is 10.8. The number of nitrogens with one attached hydrogen (secondary N) is 1. The highest BCUT2D eigenvalue weighted by molar-refractivity contribution is 6.07. The summed E-state index contributed by atoms with van der Waals surface area (Å²) in [5, 5.41) is 7.74. The monoisotopic (exact) mass is 422 g/mol. The van der Waals surface area contributed by atoms with E-state index >= 15 is 0 Å². The summed E-state index contributed by atoms with van der Waals surface area (Å²) in [4.78, 5) is 26.1. The molecular weight excluding hydrogens is 396 g/mol. The lowest BCUT2D eigenvalue weighted by Crippen LogP contribution is -2.44. The predicted molar refractivity (Wildman–Crippen MR) is 115 cm³/mol. The zero-order valence-corrected chi connectivity index (χ0v) is 17.4. The molecule has 0 atom stereocenters. The molecule has 0 bridgehead atoms. The topological polar surface area (TPSA) is 96.6 Å². The molecule has 0 radical (unpaired) electrons. The first kappa shape index (κ1) is 19.9. The summed E-state index contributed by atoms with van der Waals surface area (Å²) in [7, 11) is 0. The number of ether oxygens (including phenoxy) is 1. The molecule has 9 nitrogen and oxygen atoms in total. The van der Waals surface area contributed by atoms with Gasteiger partial charge in [-0.25, -0.2) is 4.98 Å². The van der Waals surface area contributed by atoms with Crippen LogP contribution in [0.25, 0.3) is 11.1 Å². The van der Waals surface area contributed by atoms with Crippen LogP contribution in [0.4, 0.5) is 5.82 Å². The van der Waals surface area contributed by atoms with Gasteiger partial charge in [-0.3, -0.25) is 9.69 Å². The van der Waals surface area contributed by atoms with Gasteiger partial charge in [-0.15, -0.1) is 0 Å². The van der Waals surface area contributed by atoms with Crippen molar-refractivity contribution in [3.05, 3.63) is 47.9 Å². The molecule has 3 aromatic rings. The van der Waals surface area contributed by atoms with E-state index in [0.717, 1.165) is 32.5 Å². The Morgan fingerprint density at radius 3 is 2.61 bits per heavy atom. The van der Waals surface area contributed by atoms with Crippen molar-refractivity contribution in [2.45, 2.75) is 25.4 Å². The van der Waals surface area contributed by atoms with E-state index in [2.05, 4.69) is 54.5 Å². The number of aromatic nitrogens is 3. The largest absolute Gasteiger partial charge is 0.378 e. The van der Waals surface area contributed by atoms with Crippen molar-refractivity contribution in [2.24, 2.45) is 0 Å². The fourth-order valence-electron chi connectivity index (χ4n) is 4.27. The van der Waals surface area contributed by atoms with Crippen LogP contribution >= 0.6 is 0 Å². The number of carbonyl (C=O) groups is 1. The summed E-state index contributed by atoms with van der Waals surface area (Å²) in [6.45, 7) is 5.49. The molecule has 1 N–H and O–H groups in total. The normalized spacial score (nSPS) is 18.4. The van der Waals surface area contributed by atoms with Crippen molar-refractivity contribution >= 4 is 22.8 Å². The Kier molecular flexibility index (Phi) is 5.77. The van der Waals surface area contributed by atoms with Crippen LogP contribution in [0.5, 0.6) is 0 Å². The zero-order chi connectivity index (χ0) is 21.0. The van der Waals surface area contributed by atoms with E-state index in [9.17, 15) is 4.79 Å². The molecule has 1 amide bonds. The summed E-state index contributed by atoms with van der Waals surface area (Å²) in [6, 6.07) is 10.6. The SMILES string of the molecule is O=C(NC1CCN(Cc2ccccc2)CC1)c1noc2ncnc(N3CCOCC3)c12. The molecule has 0 unspecified atom stereocenters. The lowest BCUT2D eigenvalue weighted by molar-refractivity contribution is 0.0901. The molecule has 4 heterocycles. The number of carbonyl (C=O) groups excluding carboxylic acids is 1. The average Bonchev–Trinajstić information content (AvgIpc) is 3.26. The molecular formula is C22H26N6O3. The van der Waals surface area contributed by atoms with Crippen LogP contribution in [0.3, 0.4) is 0 Å². The molecule has 9 heteroatoms. The number of benzene rings is 1. The van der Waals surface area contributed by atoms with Crippen molar-refractivity contribution in [3.63, 3.8) is 0 Å². The molecule has 2 fully saturated rings. The van der Waals surface area contributed by atoms with Gasteiger partial charge in [-0.2, -0.15) is 4.98 Å². The number of likely N-dealkylation sites (tertiary alicyclic amines) is 1. The second-order valence-corrected chi connectivity index (χ2v) is 8.02. The summed E-state index contributed by atoms with van der Waals surface area (Å²) in [5.41, 5.74) is 1.90. The second-order valence-electron chi connectivity index (χ2n) is 8.02. The maximum Gasteiger partial charge on any atom is 0.274 e. The quantitative estimate of drug-likeness (QED) is 0.666. The van der Waals surface area contributed by atoms with Crippen LogP contribution in [0.15, 0.2) is 41.2 Å². The highest BCUT2D eigenvalue weighted by Gasteiger charge is 2.27. The highest BCUT2D eigenvalue weighted by atomic mass is 16.5. The fourth-order valence-corrected chi connectivity index (χ4v) is 4.27. The Labute approximate surface area is 180 Å². The van der Waals surface area contributed by atoms with E-state index in [-0.39, 0.29) is 17.6 Å². The molecule has 2 aliphatic heterocycles. The number of anilines is 1. The van der Waals surface area contributed by atoms with Crippen LogP contribution in [-0.4, -0.2) is 71.4 Å². The number of amides is 1. The molecule has 1 aromatic carbocycles. The Balaban J connectivity index is 1.25. The van der Waals surface area contributed by atoms with Gasteiger partial charge < -0.3 is 19.5 Å². The van der Waals surface area contributed by atoms with Crippen molar-refractivity contribution in [1.29, 1.82) is 0 Å². The molecule has 31 heavy (non-hydrogen) atoms. The van der Waals surface area contributed by atoms with Gasteiger partial charge in [0.2, 0.25) is 0 Å². The van der Waals surface area contributed by atoms with Gasteiger partial charge in [-0.05, 0) is 18.4 Å². The van der Waals surface area contributed by atoms with E-state index in [1.54, 1.807) is 0 Å². The molecule has 5 rings (SSSR count). The third-order valence-corrected chi connectivity index (χ3v) is 5.95. The molecule has 0 aliphatic carbocycles. The summed E-state index contributed by atoms with van der Waals surface area (Å²) >= 11 is 0. The number of hydrogen-bond donors (Lipinski definition) is 1. The van der Waals surface area contributed by atoms with Crippen LogP contribution in [0.1, 0.15) is 28.9 Å². The number of fused-ring (bicyclic) bond motifs is 1. The van der Waals surface area contributed by atoms with Crippen molar-refractivity contribution in [3.8, 4) is 0 Å².